The highest BCUT2D eigenvalue weighted by molar-refractivity contribution is 9.10. The Balaban J connectivity index is 1.64. The number of hydrogen-bond acceptors (Lipinski definition) is 6. The molecule has 0 unspecified atom stereocenters. The summed E-state index contributed by atoms with van der Waals surface area (Å²) in [5.74, 6) is -0.188. The van der Waals surface area contributed by atoms with E-state index in [1.807, 2.05) is 17.0 Å². The molecule has 2 aromatic carbocycles. The van der Waals surface area contributed by atoms with Crippen molar-refractivity contribution in [3.63, 3.8) is 0 Å². The van der Waals surface area contributed by atoms with Crippen LogP contribution in [0, 0.1) is 10.1 Å². The van der Waals surface area contributed by atoms with Gasteiger partial charge < -0.3 is 5.32 Å². The van der Waals surface area contributed by atoms with E-state index in [9.17, 15) is 23.3 Å². The number of hydrogen-bond donors (Lipinski definition) is 1. The van der Waals surface area contributed by atoms with Crippen LogP contribution in [0.1, 0.15) is 6.92 Å². The molecular weight excluding hydrogens is 476 g/mol. The molecule has 0 aromatic heterocycles. The van der Waals surface area contributed by atoms with E-state index in [-0.39, 0.29) is 23.9 Å². The summed E-state index contributed by atoms with van der Waals surface area (Å²) in [6.07, 6.45) is 0. The fourth-order valence-corrected chi connectivity index (χ4v) is 5.09. The average molecular weight is 497 g/mol. The molecule has 0 saturated carbocycles. The molecule has 1 heterocycles. The summed E-state index contributed by atoms with van der Waals surface area (Å²) in [5.41, 5.74) is 0.231. The molecular formula is C19H21BrN4O5S. The molecule has 0 spiro atoms. The number of rotatable bonds is 6. The van der Waals surface area contributed by atoms with E-state index >= 15 is 0 Å². The molecule has 1 N–H and O–H groups in total. The molecule has 9 nitrogen and oxygen atoms in total. The molecule has 30 heavy (non-hydrogen) atoms. The normalized spacial score (nSPS) is 16.7. The standard InChI is InChI=1S/C19H21BrN4O5S/c1-14(19(25)21-16-8-6-15(20)7-9-16)22-10-12-23(13-11-22)30(28,29)18-5-3-2-4-17(18)24(26)27/h2-9,14H,10-13H2,1H3,(H,21,25)/t14-/m0/s1. The first-order valence-corrected chi connectivity index (χ1v) is 11.5. The smallest absolute Gasteiger partial charge is 0.289 e. The number of amides is 1. The van der Waals surface area contributed by atoms with E-state index in [1.165, 1.54) is 28.6 Å². The van der Waals surface area contributed by atoms with E-state index in [0.717, 1.165) is 4.47 Å². The SMILES string of the molecule is C[C@@H](C(=O)Nc1ccc(Br)cc1)N1CCN(S(=O)(=O)c2ccccc2[N+](=O)[O-])CC1. The Bertz CT molecular complexity index is 1040. The van der Waals surface area contributed by atoms with Crippen molar-refractivity contribution >= 4 is 43.2 Å². The van der Waals surface area contributed by atoms with Gasteiger partial charge in [-0.25, -0.2) is 8.42 Å². The Morgan fingerprint density at radius 2 is 1.70 bits per heavy atom. The number of nitrogens with one attached hydrogen (secondary N) is 1. The van der Waals surface area contributed by atoms with E-state index in [0.29, 0.717) is 18.8 Å². The minimum absolute atomic E-state index is 0.143. The molecule has 0 radical (unpaired) electrons. The lowest BCUT2D eigenvalue weighted by Crippen LogP contribution is -2.53. The molecule has 160 valence electrons. The zero-order valence-corrected chi connectivity index (χ0v) is 18.6. The molecule has 3 rings (SSSR count). The minimum atomic E-state index is -4.00. The summed E-state index contributed by atoms with van der Waals surface area (Å²) in [7, 11) is -4.00. The van der Waals surface area contributed by atoms with Gasteiger partial charge in [0.1, 0.15) is 0 Å². The van der Waals surface area contributed by atoms with E-state index in [2.05, 4.69) is 21.2 Å². The number of nitro groups is 1. The third-order valence-electron chi connectivity index (χ3n) is 4.99. The molecule has 11 heteroatoms. The maximum atomic E-state index is 12.9. The van der Waals surface area contributed by atoms with Crippen LogP contribution >= 0.6 is 15.9 Å². The van der Waals surface area contributed by atoms with Crippen molar-refractivity contribution in [2.24, 2.45) is 0 Å². The molecule has 2 aromatic rings. The largest absolute Gasteiger partial charge is 0.325 e. The highest BCUT2D eigenvalue weighted by atomic mass is 79.9. The quantitative estimate of drug-likeness (QED) is 0.485. The lowest BCUT2D eigenvalue weighted by Gasteiger charge is -2.36. The number of carbonyl (C=O) groups is 1. The summed E-state index contributed by atoms with van der Waals surface area (Å²) in [4.78, 5) is 24.6. The first-order valence-electron chi connectivity index (χ1n) is 9.24. The fourth-order valence-electron chi connectivity index (χ4n) is 3.24. The van der Waals surface area contributed by atoms with Gasteiger partial charge >= 0.3 is 0 Å². The lowest BCUT2D eigenvalue weighted by molar-refractivity contribution is -0.387. The molecule has 1 atom stereocenters. The number of benzene rings is 2. The van der Waals surface area contributed by atoms with Crippen molar-refractivity contribution in [3.8, 4) is 0 Å². The molecule has 1 aliphatic heterocycles. The van der Waals surface area contributed by atoms with Gasteiger partial charge in [-0.3, -0.25) is 19.8 Å². The van der Waals surface area contributed by atoms with Crippen molar-refractivity contribution in [3.05, 3.63) is 63.1 Å². The van der Waals surface area contributed by atoms with Gasteiger partial charge in [0.15, 0.2) is 4.90 Å². The third-order valence-corrected chi connectivity index (χ3v) is 7.47. The molecule has 0 bridgehead atoms. The van der Waals surface area contributed by atoms with Gasteiger partial charge in [0.2, 0.25) is 15.9 Å². The Kier molecular flexibility index (Phi) is 6.86. The third kappa shape index (κ3) is 4.86. The predicted molar refractivity (Wildman–Crippen MR) is 116 cm³/mol. The summed E-state index contributed by atoms with van der Waals surface area (Å²) in [5, 5.41) is 14.0. The fraction of sp³-hybridized carbons (Fsp3) is 0.316. The van der Waals surface area contributed by atoms with Gasteiger partial charge in [0, 0.05) is 42.4 Å². The highest BCUT2D eigenvalue weighted by Crippen LogP contribution is 2.27. The van der Waals surface area contributed by atoms with Crippen LogP contribution in [0.15, 0.2) is 57.9 Å². The van der Waals surface area contributed by atoms with Crippen molar-refractivity contribution < 1.29 is 18.1 Å². The molecule has 1 aliphatic rings. The van der Waals surface area contributed by atoms with E-state index < -0.39 is 26.7 Å². The van der Waals surface area contributed by atoms with Gasteiger partial charge in [-0.1, -0.05) is 28.1 Å². The number of carbonyl (C=O) groups excluding carboxylic acids is 1. The second-order valence-electron chi connectivity index (χ2n) is 6.84. The predicted octanol–water partition coefficient (Wildman–Crippen LogP) is 2.69. The van der Waals surface area contributed by atoms with Crippen LogP contribution in [-0.2, 0) is 14.8 Å². The lowest BCUT2D eigenvalue weighted by atomic mass is 10.2. The van der Waals surface area contributed by atoms with Gasteiger partial charge in [0.05, 0.1) is 11.0 Å². The molecule has 1 fully saturated rings. The number of halogens is 1. The van der Waals surface area contributed by atoms with Crippen molar-refractivity contribution in [2.75, 3.05) is 31.5 Å². The number of anilines is 1. The first-order chi connectivity index (χ1) is 14.2. The minimum Gasteiger partial charge on any atom is -0.325 e. The van der Waals surface area contributed by atoms with Crippen LogP contribution in [0.2, 0.25) is 0 Å². The second-order valence-corrected chi connectivity index (χ2v) is 9.66. The van der Waals surface area contributed by atoms with Crippen molar-refractivity contribution in [2.45, 2.75) is 17.9 Å². The van der Waals surface area contributed by atoms with E-state index in [4.69, 9.17) is 0 Å². The van der Waals surface area contributed by atoms with Crippen LogP contribution in [0.4, 0.5) is 11.4 Å². The average Bonchev–Trinajstić information content (AvgIpc) is 2.74. The topological polar surface area (TPSA) is 113 Å². The van der Waals surface area contributed by atoms with Crippen LogP contribution in [0.3, 0.4) is 0 Å². The van der Waals surface area contributed by atoms with Gasteiger partial charge in [-0.05, 0) is 37.3 Å². The number of sulfonamides is 1. The Morgan fingerprint density at radius 3 is 2.30 bits per heavy atom. The maximum Gasteiger partial charge on any atom is 0.289 e. The summed E-state index contributed by atoms with van der Waals surface area (Å²) in [6, 6.07) is 12.1. The summed E-state index contributed by atoms with van der Waals surface area (Å²) in [6.45, 7) is 2.73. The van der Waals surface area contributed by atoms with Crippen LogP contribution in [0.5, 0.6) is 0 Å². The van der Waals surface area contributed by atoms with Gasteiger partial charge in [-0.2, -0.15) is 4.31 Å². The Hall–Kier alpha value is -2.34. The van der Waals surface area contributed by atoms with Gasteiger partial charge in [0.25, 0.3) is 5.69 Å². The molecule has 1 amide bonds. The zero-order chi connectivity index (χ0) is 21.9. The van der Waals surface area contributed by atoms with Crippen molar-refractivity contribution in [1.82, 2.24) is 9.21 Å². The Labute approximate surface area is 183 Å². The number of para-hydroxylation sites is 1. The Morgan fingerprint density at radius 1 is 1.10 bits per heavy atom. The monoisotopic (exact) mass is 496 g/mol. The highest BCUT2D eigenvalue weighted by Gasteiger charge is 2.35. The number of piperazine rings is 1. The van der Waals surface area contributed by atoms with Gasteiger partial charge in [-0.15, -0.1) is 0 Å². The summed E-state index contributed by atoms with van der Waals surface area (Å²) < 4.78 is 28.0. The number of nitro benzene ring substituents is 1. The van der Waals surface area contributed by atoms with Crippen LogP contribution in [0.25, 0.3) is 0 Å². The van der Waals surface area contributed by atoms with Crippen LogP contribution in [-0.4, -0.2) is 60.7 Å². The van der Waals surface area contributed by atoms with E-state index in [1.54, 1.807) is 19.1 Å². The number of nitrogens with zero attached hydrogens (tertiary/aromatic N) is 3. The van der Waals surface area contributed by atoms with Crippen molar-refractivity contribution in [1.29, 1.82) is 0 Å². The zero-order valence-electron chi connectivity index (χ0n) is 16.2. The van der Waals surface area contributed by atoms with Crippen LogP contribution < -0.4 is 5.32 Å². The second kappa shape index (κ2) is 9.21. The molecule has 1 saturated heterocycles. The molecule has 0 aliphatic carbocycles. The maximum absolute atomic E-state index is 12.9. The first kappa shape index (κ1) is 22.3. The summed E-state index contributed by atoms with van der Waals surface area (Å²) >= 11 is 3.34.